The summed E-state index contributed by atoms with van der Waals surface area (Å²) in [4.78, 5) is 25.4. The summed E-state index contributed by atoms with van der Waals surface area (Å²) in [7, 11) is 0. The molecule has 1 atom stereocenters. The van der Waals surface area contributed by atoms with E-state index in [1.54, 1.807) is 0 Å². The van der Waals surface area contributed by atoms with E-state index in [1.165, 1.54) is 0 Å². The maximum atomic E-state index is 11.7. The molecule has 2 aliphatic rings. The summed E-state index contributed by atoms with van der Waals surface area (Å²) in [5, 5.41) is 0. The van der Waals surface area contributed by atoms with E-state index >= 15 is 0 Å². The Morgan fingerprint density at radius 3 is 2.55 bits per heavy atom. The molecule has 1 aromatic rings. The van der Waals surface area contributed by atoms with Crippen molar-refractivity contribution in [2.24, 2.45) is 0 Å². The van der Waals surface area contributed by atoms with E-state index in [4.69, 9.17) is 9.72 Å². The minimum absolute atomic E-state index is 0.0412. The summed E-state index contributed by atoms with van der Waals surface area (Å²) >= 11 is 0. The number of ether oxygens (including phenoxy) is 1. The average molecular weight is 304 g/mol. The number of piperazine rings is 1. The fourth-order valence-electron chi connectivity index (χ4n) is 3.07. The van der Waals surface area contributed by atoms with Crippen molar-refractivity contribution in [1.82, 2.24) is 14.9 Å². The number of cyclic esters (lactones) is 1. The molecule has 2 fully saturated rings. The number of aryl methyl sites for hydroxylation is 1. The largest absolute Gasteiger partial charge is 0.464 e. The van der Waals surface area contributed by atoms with Crippen LogP contribution >= 0.6 is 0 Å². The molecular formula is C16H24N4O2. The van der Waals surface area contributed by atoms with Crippen LogP contribution in [-0.2, 0) is 9.53 Å². The molecule has 120 valence electrons. The molecule has 2 saturated heterocycles. The number of aromatic nitrogens is 2. The third-order valence-electron chi connectivity index (χ3n) is 4.36. The first-order valence-corrected chi connectivity index (χ1v) is 8.06. The Kier molecular flexibility index (Phi) is 4.29. The second kappa shape index (κ2) is 6.20. The average Bonchev–Trinajstić information content (AvgIpc) is 2.93. The highest BCUT2D eigenvalue weighted by Crippen LogP contribution is 2.21. The first-order chi connectivity index (χ1) is 10.5. The van der Waals surface area contributed by atoms with E-state index in [9.17, 15) is 4.79 Å². The van der Waals surface area contributed by atoms with Crippen molar-refractivity contribution < 1.29 is 9.53 Å². The smallest absolute Gasteiger partial charge is 0.323 e. The minimum Gasteiger partial charge on any atom is -0.464 e. The number of anilines is 1. The van der Waals surface area contributed by atoms with Gasteiger partial charge in [0.25, 0.3) is 0 Å². The molecule has 0 unspecified atom stereocenters. The van der Waals surface area contributed by atoms with Crippen molar-refractivity contribution in [3.05, 3.63) is 17.6 Å². The van der Waals surface area contributed by atoms with E-state index < -0.39 is 0 Å². The topological polar surface area (TPSA) is 58.6 Å². The zero-order valence-corrected chi connectivity index (χ0v) is 13.6. The van der Waals surface area contributed by atoms with Gasteiger partial charge in [-0.05, 0) is 6.92 Å². The van der Waals surface area contributed by atoms with Crippen LogP contribution in [0.2, 0.25) is 0 Å². The van der Waals surface area contributed by atoms with E-state index in [1.807, 2.05) is 13.0 Å². The third-order valence-corrected chi connectivity index (χ3v) is 4.36. The lowest BCUT2D eigenvalue weighted by molar-refractivity contribution is -0.142. The standard InChI is InChI=1S/C16H24N4O2/c1-11(2)15-17-12(3)10-14(18-15)20-7-5-19(6-8-20)13-4-9-22-16(13)21/h10-11,13H,4-9H2,1-3H3/t13-/m1/s1. The summed E-state index contributed by atoms with van der Waals surface area (Å²) in [5.74, 6) is 2.17. The quantitative estimate of drug-likeness (QED) is 0.786. The van der Waals surface area contributed by atoms with Crippen LogP contribution in [0.25, 0.3) is 0 Å². The van der Waals surface area contributed by atoms with E-state index in [2.05, 4.69) is 28.6 Å². The molecule has 0 aromatic carbocycles. The highest BCUT2D eigenvalue weighted by atomic mass is 16.5. The monoisotopic (exact) mass is 304 g/mol. The summed E-state index contributed by atoms with van der Waals surface area (Å²) < 4.78 is 5.07. The van der Waals surface area contributed by atoms with Crippen LogP contribution in [0.4, 0.5) is 5.82 Å². The van der Waals surface area contributed by atoms with Gasteiger partial charge in [0.1, 0.15) is 17.7 Å². The Hall–Kier alpha value is -1.69. The fourth-order valence-corrected chi connectivity index (χ4v) is 3.07. The van der Waals surface area contributed by atoms with Crippen LogP contribution in [0, 0.1) is 6.92 Å². The third kappa shape index (κ3) is 3.06. The van der Waals surface area contributed by atoms with Gasteiger partial charge < -0.3 is 9.64 Å². The number of nitrogens with zero attached hydrogens (tertiary/aromatic N) is 4. The van der Waals surface area contributed by atoms with Crippen molar-refractivity contribution in [1.29, 1.82) is 0 Å². The Bertz CT molecular complexity index is 553. The maximum Gasteiger partial charge on any atom is 0.323 e. The van der Waals surface area contributed by atoms with Gasteiger partial charge in [0.15, 0.2) is 0 Å². The lowest BCUT2D eigenvalue weighted by atomic mass is 10.1. The summed E-state index contributed by atoms with van der Waals surface area (Å²) in [6, 6.07) is 2.01. The molecule has 1 aromatic heterocycles. The zero-order valence-electron chi connectivity index (χ0n) is 13.6. The van der Waals surface area contributed by atoms with Crippen LogP contribution in [0.1, 0.15) is 37.7 Å². The fraction of sp³-hybridized carbons (Fsp3) is 0.688. The Balaban J connectivity index is 1.67. The highest BCUT2D eigenvalue weighted by molar-refractivity contribution is 5.77. The molecule has 3 rings (SSSR count). The predicted molar refractivity (Wildman–Crippen MR) is 84.0 cm³/mol. The molecule has 22 heavy (non-hydrogen) atoms. The molecule has 0 N–H and O–H groups in total. The summed E-state index contributed by atoms with van der Waals surface area (Å²) in [6.07, 6.45) is 0.822. The number of hydrogen-bond donors (Lipinski definition) is 0. The van der Waals surface area contributed by atoms with Crippen LogP contribution < -0.4 is 4.90 Å². The van der Waals surface area contributed by atoms with Crippen molar-refractivity contribution in [2.45, 2.75) is 39.2 Å². The van der Waals surface area contributed by atoms with Gasteiger partial charge in [-0.15, -0.1) is 0 Å². The first-order valence-electron chi connectivity index (χ1n) is 8.06. The number of carbonyl (C=O) groups is 1. The molecule has 0 aliphatic carbocycles. The van der Waals surface area contributed by atoms with Crippen LogP contribution in [0.15, 0.2) is 6.07 Å². The van der Waals surface area contributed by atoms with Gasteiger partial charge in [0.2, 0.25) is 0 Å². The number of esters is 1. The maximum absolute atomic E-state index is 11.7. The van der Waals surface area contributed by atoms with Gasteiger partial charge in [-0.2, -0.15) is 0 Å². The summed E-state index contributed by atoms with van der Waals surface area (Å²) in [5.41, 5.74) is 1.01. The van der Waals surface area contributed by atoms with Crippen molar-refractivity contribution in [3.8, 4) is 0 Å². The van der Waals surface area contributed by atoms with E-state index in [0.29, 0.717) is 12.5 Å². The Labute approximate surface area is 131 Å². The van der Waals surface area contributed by atoms with Gasteiger partial charge in [0, 0.05) is 50.3 Å². The van der Waals surface area contributed by atoms with Crippen molar-refractivity contribution in [2.75, 3.05) is 37.7 Å². The van der Waals surface area contributed by atoms with Gasteiger partial charge in [-0.1, -0.05) is 13.8 Å². The molecule has 6 heteroatoms. The molecule has 0 saturated carbocycles. The van der Waals surface area contributed by atoms with Gasteiger partial charge in [-0.3, -0.25) is 9.69 Å². The van der Waals surface area contributed by atoms with Crippen molar-refractivity contribution in [3.63, 3.8) is 0 Å². The molecule has 2 aliphatic heterocycles. The molecule has 0 amide bonds. The van der Waals surface area contributed by atoms with Crippen LogP contribution in [0.3, 0.4) is 0 Å². The van der Waals surface area contributed by atoms with Crippen molar-refractivity contribution >= 4 is 11.8 Å². The molecule has 0 spiro atoms. The number of rotatable bonds is 3. The number of carbonyl (C=O) groups excluding carboxylic acids is 1. The second-order valence-corrected chi connectivity index (χ2v) is 6.38. The number of hydrogen-bond acceptors (Lipinski definition) is 6. The molecular weight excluding hydrogens is 280 g/mol. The predicted octanol–water partition coefficient (Wildman–Crippen LogP) is 1.35. The second-order valence-electron chi connectivity index (χ2n) is 6.38. The van der Waals surface area contributed by atoms with Gasteiger partial charge >= 0.3 is 5.97 Å². The van der Waals surface area contributed by atoms with E-state index in [0.717, 1.165) is 49.9 Å². The molecule has 0 bridgehead atoms. The first kappa shape index (κ1) is 15.2. The molecule has 6 nitrogen and oxygen atoms in total. The molecule has 0 radical (unpaired) electrons. The lowest BCUT2D eigenvalue weighted by Crippen LogP contribution is -2.52. The Morgan fingerprint density at radius 1 is 1.23 bits per heavy atom. The minimum atomic E-state index is -0.0616. The van der Waals surface area contributed by atoms with Crippen LogP contribution in [0.5, 0.6) is 0 Å². The molecule has 3 heterocycles. The highest BCUT2D eigenvalue weighted by Gasteiger charge is 2.34. The lowest BCUT2D eigenvalue weighted by Gasteiger charge is -2.37. The zero-order chi connectivity index (χ0) is 15.7. The Morgan fingerprint density at radius 2 is 1.95 bits per heavy atom. The normalized spacial score (nSPS) is 23.2. The summed E-state index contributed by atoms with van der Waals surface area (Å²) in [6.45, 7) is 10.3. The SMILES string of the molecule is Cc1cc(N2CCN([C@@H]3CCOC3=O)CC2)nc(C(C)C)n1. The van der Waals surface area contributed by atoms with E-state index in [-0.39, 0.29) is 12.0 Å². The van der Waals surface area contributed by atoms with Gasteiger partial charge in [-0.25, -0.2) is 9.97 Å². The van der Waals surface area contributed by atoms with Crippen LogP contribution in [-0.4, -0.2) is 59.7 Å². The van der Waals surface area contributed by atoms with Gasteiger partial charge in [0.05, 0.1) is 6.61 Å².